The number of rotatable bonds is 2. The van der Waals surface area contributed by atoms with Gasteiger partial charge in [-0.2, -0.15) is 0 Å². The average molecular weight is 302 g/mol. The minimum atomic E-state index is -3.23. The van der Waals surface area contributed by atoms with Gasteiger partial charge in [0.05, 0.1) is 5.67 Å². The van der Waals surface area contributed by atoms with E-state index in [2.05, 4.69) is 5.32 Å². The van der Waals surface area contributed by atoms with Crippen LogP contribution in [0.5, 0.6) is 0 Å². The number of hydrogen-bond donors (Lipinski definition) is 3. The summed E-state index contributed by atoms with van der Waals surface area (Å²) in [4.78, 5) is 31.2. The number of carbonyl (C=O) groups excluding carboxylic acids is 1. The molecule has 1 rings (SSSR count). The first-order chi connectivity index (χ1) is 5.43. The molecule has 0 aromatic heterocycles. The zero-order valence-corrected chi connectivity index (χ0v) is 9.78. The van der Waals surface area contributed by atoms with Crippen molar-refractivity contribution in [2.75, 3.05) is 13.1 Å². The fraction of sp³-hybridized carbons (Fsp3) is 0.800. The van der Waals surface area contributed by atoms with E-state index in [0.717, 1.165) is 0 Å². The second-order valence-electron chi connectivity index (χ2n) is 2.74. The van der Waals surface area contributed by atoms with E-state index in [0.29, 0.717) is 13.1 Å². The van der Waals surface area contributed by atoms with Crippen molar-refractivity contribution in [1.29, 1.82) is 0 Å². The number of hydrogen-bond acceptors (Lipinski definition) is 3. The van der Waals surface area contributed by atoms with Gasteiger partial charge in [0.1, 0.15) is 0 Å². The highest BCUT2D eigenvalue weighted by atomic mass is 127. The summed E-state index contributed by atoms with van der Waals surface area (Å²) in [6.45, 7) is 2.80. The third kappa shape index (κ3) is 2.09. The van der Waals surface area contributed by atoms with E-state index in [1.807, 2.05) is 0 Å². The molecule has 0 aliphatic carbocycles. The van der Waals surface area contributed by atoms with Gasteiger partial charge in [-0.15, -0.1) is 0 Å². The van der Waals surface area contributed by atoms with Gasteiger partial charge in [-0.05, 0) is 28.7 Å². The fourth-order valence-corrected chi connectivity index (χ4v) is 2.71. The van der Waals surface area contributed by atoms with Crippen LogP contribution in [-0.2, 0) is 0 Å². The Balaban J connectivity index is 2.63. The van der Waals surface area contributed by atoms with Gasteiger partial charge in [0.25, 0.3) is 0 Å². The van der Waals surface area contributed by atoms with Gasteiger partial charge in [-0.25, -0.2) is 4.79 Å². The zero-order valence-electron chi connectivity index (χ0n) is 6.62. The van der Waals surface area contributed by atoms with E-state index < -0.39 is 11.7 Å². The molecule has 0 bridgehead atoms. The number of carbonyl (C=O) groups is 1. The van der Waals surface area contributed by atoms with Crippen molar-refractivity contribution < 1.29 is 14.4 Å². The maximum atomic E-state index is 11.1. The lowest BCUT2D eigenvalue weighted by Gasteiger charge is -2.27. The number of amides is 2. The van der Waals surface area contributed by atoms with Crippen molar-refractivity contribution >= 4 is 33.9 Å². The third-order valence-electron chi connectivity index (χ3n) is 1.89. The van der Waals surface area contributed by atoms with E-state index in [1.54, 1.807) is 28.7 Å². The summed E-state index contributed by atoms with van der Waals surface area (Å²) >= 11 is 1.63. The molecule has 7 heteroatoms. The zero-order chi connectivity index (χ0) is 9.35. The summed E-state index contributed by atoms with van der Waals surface area (Å²) in [5, 5.41) is 2.61. The summed E-state index contributed by atoms with van der Waals surface area (Å²) in [5.74, 6) is 0. The van der Waals surface area contributed by atoms with Crippen LogP contribution in [0.3, 0.4) is 0 Å². The van der Waals surface area contributed by atoms with E-state index >= 15 is 0 Å². The molecule has 1 aliphatic heterocycles. The van der Waals surface area contributed by atoms with E-state index in [9.17, 15) is 14.4 Å². The molecular weight excluding hydrogens is 291 g/mol. The lowest BCUT2D eigenvalue weighted by molar-refractivity contribution is 0.205. The summed E-state index contributed by atoms with van der Waals surface area (Å²) in [5.41, 5.74) is -0.458. The molecule has 1 atom stereocenters. The Kier molecular flexibility index (Phi) is 2.96. The minimum Gasteiger partial charge on any atom is -0.402 e. The molecule has 5 nitrogen and oxygen atoms in total. The molecule has 70 valence electrons. The van der Waals surface area contributed by atoms with Crippen molar-refractivity contribution in [3.05, 3.63) is 0 Å². The molecule has 0 spiro atoms. The van der Waals surface area contributed by atoms with Gasteiger partial charge in [-0.1, -0.05) is 0 Å². The molecular formula is C5H11IN2O3Si. The lowest BCUT2D eigenvalue weighted by atomic mass is 10.6. The Morgan fingerprint density at radius 2 is 2.33 bits per heavy atom. The van der Waals surface area contributed by atoms with Crippen LogP contribution in [0.4, 0.5) is 4.79 Å². The maximum Gasteiger partial charge on any atom is 0.425 e. The Bertz CT molecular complexity index is 196. The maximum absolute atomic E-state index is 11.1. The quantitative estimate of drug-likeness (QED) is 0.359. The van der Waals surface area contributed by atoms with Crippen LogP contribution in [0, 0.1) is 0 Å². The first-order valence-electron chi connectivity index (χ1n) is 3.61. The summed E-state index contributed by atoms with van der Waals surface area (Å²) in [6, 6.07) is -3.44. The Hall–Kier alpha value is 0.137. The van der Waals surface area contributed by atoms with Gasteiger partial charge < -0.3 is 19.8 Å². The number of nitrogens with zero attached hydrogens (tertiary/aromatic N) is 1. The predicted octanol–water partition coefficient (Wildman–Crippen LogP) is -0.702. The van der Waals surface area contributed by atoms with Crippen LogP contribution in [0.1, 0.15) is 6.92 Å². The second-order valence-corrected chi connectivity index (χ2v) is 9.61. The highest BCUT2D eigenvalue weighted by molar-refractivity contribution is 14.1. The SMILES string of the molecule is CC(N1CCNC1=O)[Si](O)(O)I. The molecule has 0 aromatic rings. The molecule has 3 N–H and O–H groups in total. The summed E-state index contributed by atoms with van der Waals surface area (Å²) < 4.78 is 0. The van der Waals surface area contributed by atoms with Crippen LogP contribution in [0.25, 0.3) is 0 Å². The predicted molar refractivity (Wildman–Crippen MR) is 53.8 cm³/mol. The van der Waals surface area contributed by atoms with Crippen LogP contribution in [-0.4, -0.2) is 45.3 Å². The minimum absolute atomic E-state index is 0.209. The summed E-state index contributed by atoms with van der Waals surface area (Å²) in [6.07, 6.45) is 0. The normalized spacial score (nSPS) is 21.0. The standard InChI is InChI=1S/C5H11IN2O3Si/c1-4(12(6,10)11)8-3-2-7-5(8)9/h4,10-11H,2-3H2,1H3,(H,7,9). The Labute approximate surface area is 84.2 Å². The largest absolute Gasteiger partial charge is 0.425 e. The van der Waals surface area contributed by atoms with Crippen molar-refractivity contribution in [1.82, 2.24) is 10.2 Å². The monoisotopic (exact) mass is 302 g/mol. The molecule has 1 heterocycles. The molecule has 0 aromatic carbocycles. The van der Waals surface area contributed by atoms with E-state index in [4.69, 9.17) is 0 Å². The number of nitrogens with one attached hydrogen (secondary N) is 1. The molecule has 1 fully saturated rings. The van der Waals surface area contributed by atoms with Crippen LogP contribution in [0.15, 0.2) is 0 Å². The van der Waals surface area contributed by atoms with Crippen molar-refractivity contribution in [3.8, 4) is 0 Å². The molecule has 2 amide bonds. The van der Waals surface area contributed by atoms with Crippen LogP contribution >= 0.6 is 21.8 Å². The Morgan fingerprint density at radius 3 is 2.67 bits per heavy atom. The molecule has 1 aliphatic rings. The first-order valence-corrected chi connectivity index (χ1v) is 8.69. The number of halogens is 1. The topological polar surface area (TPSA) is 72.8 Å². The van der Waals surface area contributed by atoms with E-state index in [-0.39, 0.29) is 6.03 Å². The van der Waals surface area contributed by atoms with Gasteiger partial charge in [0.2, 0.25) is 0 Å². The second kappa shape index (κ2) is 3.48. The lowest BCUT2D eigenvalue weighted by Crippen LogP contribution is -2.52. The van der Waals surface area contributed by atoms with Crippen molar-refractivity contribution in [2.45, 2.75) is 12.6 Å². The van der Waals surface area contributed by atoms with E-state index in [1.165, 1.54) is 4.90 Å². The molecule has 1 saturated heterocycles. The van der Waals surface area contributed by atoms with Gasteiger partial charge in [0.15, 0.2) is 0 Å². The van der Waals surface area contributed by atoms with Crippen LogP contribution in [0.2, 0.25) is 0 Å². The van der Waals surface area contributed by atoms with Gasteiger partial charge >= 0.3 is 12.1 Å². The highest BCUT2D eigenvalue weighted by Gasteiger charge is 2.41. The van der Waals surface area contributed by atoms with Crippen molar-refractivity contribution in [2.24, 2.45) is 0 Å². The third-order valence-corrected chi connectivity index (χ3v) is 5.97. The summed E-state index contributed by atoms with van der Waals surface area (Å²) in [7, 11) is 0. The van der Waals surface area contributed by atoms with Gasteiger partial charge in [0, 0.05) is 13.1 Å². The molecule has 0 saturated carbocycles. The van der Waals surface area contributed by atoms with Gasteiger partial charge in [-0.3, -0.25) is 0 Å². The molecule has 1 unspecified atom stereocenters. The molecule has 0 radical (unpaired) electrons. The highest BCUT2D eigenvalue weighted by Crippen LogP contribution is 2.17. The Morgan fingerprint density at radius 1 is 1.75 bits per heavy atom. The van der Waals surface area contributed by atoms with Crippen molar-refractivity contribution in [3.63, 3.8) is 0 Å². The molecule has 12 heavy (non-hydrogen) atoms. The fourth-order valence-electron chi connectivity index (χ4n) is 1.05. The van der Waals surface area contributed by atoms with Crippen LogP contribution < -0.4 is 5.32 Å². The average Bonchev–Trinajstić information content (AvgIpc) is 2.31. The first kappa shape index (κ1) is 10.2. The smallest absolute Gasteiger partial charge is 0.402 e. The number of urea groups is 1.